The van der Waals surface area contributed by atoms with Gasteiger partial charge in [-0.3, -0.25) is 0 Å². The van der Waals surface area contributed by atoms with E-state index in [2.05, 4.69) is 27.3 Å². The van der Waals surface area contributed by atoms with Gasteiger partial charge in [0.1, 0.15) is 0 Å². The smallest absolute Gasteiger partial charge is 0.337 e. The van der Waals surface area contributed by atoms with E-state index in [1.807, 2.05) is 13.8 Å². The third-order valence-electron chi connectivity index (χ3n) is 3.46. The van der Waals surface area contributed by atoms with Gasteiger partial charge in [-0.25, -0.2) is 0 Å². The summed E-state index contributed by atoms with van der Waals surface area (Å²) in [6.45, 7) is 14.2. The Labute approximate surface area is 128 Å². The van der Waals surface area contributed by atoms with Crippen molar-refractivity contribution in [3.05, 3.63) is 0 Å². The van der Waals surface area contributed by atoms with Crippen LogP contribution in [0.15, 0.2) is 0 Å². The van der Waals surface area contributed by atoms with Gasteiger partial charge in [-0.2, -0.15) is 0 Å². The maximum atomic E-state index is 5.68. The summed E-state index contributed by atoms with van der Waals surface area (Å²) in [7, 11) is 0.0143. The predicted molar refractivity (Wildman–Crippen MR) is 90.7 cm³/mol. The molecule has 0 fully saturated rings. The lowest BCUT2D eigenvalue weighted by molar-refractivity contribution is 0.185. The van der Waals surface area contributed by atoms with Crippen LogP contribution in [0.4, 0.5) is 0 Å². The molecule has 0 aliphatic heterocycles. The van der Waals surface area contributed by atoms with Crippen LogP contribution in [0.2, 0.25) is 24.7 Å². The minimum absolute atomic E-state index is 0.786. The lowest BCUT2D eigenvalue weighted by Crippen LogP contribution is -2.40. The van der Waals surface area contributed by atoms with Crippen LogP contribution in [-0.4, -0.2) is 44.6 Å². The normalized spacial score (nSPS) is 12.0. The van der Waals surface area contributed by atoms with Crippen LogP contribution in [0, 0.1) is 0 Å². The lowest BCUT2D eigenvalue weighted by atomic mass is 10.6. The van der Waals surface area contributed by atoms with Crippen LogP contribution >= 0.6 is 0 Å². The van der Waals surface area contributed by atoms with E-state index in [1.165, 1.54) is 0 Å². The molecule has 0 aromatic rings. The van der Waals surface area contributed by atoms with Crippen LogP contribution < -0.4 is 0 Å². The second-order valence-corrected chi connectivity index (χ2v) is 12.2. The first-order chi connectivity index (χ1) is 9.42. The van der Waals surface area contributed by atoms with Gasteiger partial charge >= 0.3 is 17.1 Å². The Kier molecular flexibility index (Phi) is 14.6. The Bertz CT molecular complexity index is 199. The highest BCUT2D eigenvalue weighted by Crippen LogP contribution is 2.17. The van der Waals surface area contributed by atoms with E-state index in [0.29, 0.717) is 0 Å². The highest BCUT2D eigenvalue weighted by atomic mass is 28.4. The monoisotopic (exact) mass is 324 g/mol. The van der Waals surface area contributed by atoms with E-state index < -0.39 is 17.1 Å². The first-order valence-corrected chi connectivity index (χ1v) is 12.6. The van der Waals surface area contributed by atoms with E-state index in [4.69, 9.17) is 17.7 Å². The van der Waals surface area contributed by atoms with Gasteiger partial charge in [-0.1, -0.05) is 27.2 Å². The Morgan fingerprint density at radius 2 is 1.15 bits per heavy atom. The molecular weight excluding hydrogens is 288 g/mol. The van der Waals surface area contributed by atoms with E-state index in [9.17, 15) is 0 Å². The summed E-state index contributed by atoms with van der Waals surface area (Å²) in [6.07, 6.45) is 1.14. The highest BCUT2D eigenvalue weighted by Gasteiger charge is 2.32. The van der Waals surface area contributed by atoms with Crippen molar-refractivity contribution < 1.29 is 17.7 Å². The third-order valence-corrected chi connectivity index (χ3v) is 10.4. The van der Waals surface area contributed by atoms with Gasteiger partial charge in [0.05, 0.1) is 0 Å². The van der Waals surface area contributed by atoms with Gasteiger partial charge in [0.25, 0.3) is 0 Å². The zero-order valence-corrected chi connectivity index (χ0v) is 16.9. The van der Waals surface area contributed by atoms with Crippen molar-refractivity contribution in [2.45, 2.75) is 65.7 Å². The SMILES string of the molecule is CCC[Si](C)(OC)OC.CCO[Si](CC)(CC)OCC. The number of rotatable bonds is 10. The molecule has 0 aromatic heterocycles. The van der Waals surface area contributed by atoms with Crippen molar-refractivity contribution in [3.8, 4) is 0 Å². The van der Waals surface area contributed by atoms with Crippen molar-refractivity contribution >= 4 is 17.1 Å². The van der Waals surface area contributed by atoms with Gasteiger partial charge in [0, 0.05) is 27.4 Å². The van der Waals surface area contributed by atoms with Gasteiger partial charge in [0.2, 0.25) is 0 Å². The van der Waals surface area contributed by atoms with Gasteiger partial charge < -0.3 is 17.7 Å². The molecule has 0 rings (SSSR count). The average Bonchev–Trinajstić information content (AvgIpc) is 2.47. The van der Waals surface area contributed by atoms with Crippen molar-refractivity contribution in [3.63, 3.8) is 0 Å². The summed E-state index contributed by atoms with van der Waals surface area (Å²) in [5, 5.41) is 0. The topological polar surface area (TPSA) is 36.9 Å². The molecule has 0 saturated carbocycles. The predicted octanol–water partition coefficient (Wildman–Crippen LogP) is 4.30. The second kappa shape index (κ2) is 13.0. The molecule has 0 amide bonds. The van der Waals surface area contributed by atoms with Crippen LogP contribution in [0.3, 0.4) is 0 Å². The molecular formula is C14H36O4Si2. The fraction of sp³-hybridized carbons (Fsp3) is 1.00. The van der Waals surface area contributed by atoms with Gasteiger partial charge in [-0.15, -0.1) is 0 Å². The minimum Gasteiger partial charge on any atom is -0.398 e. The first-order valence-electron chi connectivity index (χ1n) is 7.81. The van der Waals surface area contributed by atoms with E-state index in [-0.39, 0.29) is 0 Å². The average molecular weight is 325 g/mol. The second-order valence-electron chi connectivity index (χ2n) is 4.78. The number of hydrogen-bond donors (Lipinski definition) is 0. The Hall–Kier alpha value is 0.274. The molecule has 0 aliphatic carbocycles. The van der Waals surface area contributed by atoms with Crippen LogP contribution in [0.5, 0.6) is 0 Å². The molecule has 4 nitrogen and oxygen atoms in total. The molecule has 0 spiro atoms. The molecule has 0 radical (unpaired) electrons. The molecule has 0 N–H and O–H groups in total. The van der Waals surface area contributed by atoms with Crippen LogP contribution in [-0.2, 0) is 17.7 Å². The molecule has 0 atom stereocenters. The standard InChI is InChI=1S/C8H20O2Si.C6H16O2Si/c1-5-9-11(7-3,8-4)10-6-2;1-5-6-9(4,7-2)8-3/h5-8H2,1-4H3;5-6H2,1-4H3. The summed E-state index contributed by atoms with van der Waals surface area (Å²) in [5.74, 6) is 0. The minimum atomic E-state index is -1.74. The van der Waals surface area contributed by atoms with Crippen molar-refractivity contribution in [1.29, 1.82) is 0 Å². The Morgan fingerprint density at radius 1 is 0.750 bits per heavy atom. The molecule has 0 aromatic carbocycles. The van der Waals surface area contributed by atoms with E-state index in [1.54, 1.807) is 14.2 Å². The molecule has 0 bridgehead atoms. The number of hydrogen-bond acceptors (Lipinski definition) is 4. The molecule has 6 heteroatoms. The van der Waals surface area contributed by atoms with Gasteiger partial charge in [-0.05, 0) is 38.5 Å². The summed E-state index contributed by atoms with van der Waals surface area (Å²) < 4.78 is 21.9. The Balaban J connectivity index is 0. The van der Waals surface area contributed by atoms with Crippen molar-refractivity contribution in [2.24, 2.45) is 0 Å². The molecule has 0 unspecified atom stereocenters. The van der Waals surface area contributed by atoms with Crippen molar-refractivity contribution in [2.75, 3.05) is 27.4 Å². The molecule has 124 valence electrons. The maximum absolute atomic E-state index is 5.68. The molecule has 0 heterocycles. The van der Waals surface area contributed by atoms with Crippen LogP contribution in [0.25, 0.3) is 0 Å². The maximum Gasteiger partial charge on any atom is 0.337 e. The molecule has 0 saturated heterocycles. The summed E-state index contributed by atoms with van der Waals surface area (Å²) >= 11 is 0. The third kappa shape index (κ3) is 9.25. The fourth-order valence-electron chi connectivity index (χ4n) is 1.97. The fourth-order valence-corrected chi connectivity index (χ4v) is 5.90. The zero-order chi connectivity index (χ0) is 16.1. The quantitative estimate of drug-likeness (QED) is 0.561. The van der Waals surface area contributed by atoms with Gasteiger partial charge in [0.15, 0.2) is 0 Å². The summed E-state index contributed by atoms with van der Waals surface area (Å²) in [4.78, 5) is 0. The molecule has 20 heavy (non-hydrogen) atoms. The highest BCUT2D eigenvalue weighted by molar-refractivity contribution is 6.67. The summed E-state index contributed by atoms with van der Waals surface area (Å²) in [6, 6.07) is 3.20. The largest absolute Gasteiger partial charge is 0.398 e. The van der Waals surface area contributed by atoms with E-state index >= 15 is 0 Å². The first kappa shape index (κ1) is 22.6. The zero-order valence-electron chi connectivity index (χ0n) is 14.9. The summed E-state index contributed by atoms with van der Waals surface area (Å²) in [5.41, 5.74) is 0. The van der Waals surface area contributed by atoms with E-state index in [0.717, 1.165) is 37.8 Å². The Morgan fingerprint density at radius 3 is 1.30 bits per heavy atom. The van der Waals surface area contributed by atoms with Crippen LogP contribution in [0.1, 0.15) is 41.0 Å². The van der Waals surface area contributed by atoms with Crippen molar-refractivity contribution in [1.82, 2.24) is 0 Å². The lowest BCUT2D eigenvalue weighted by Gasteiger charge is -2.27. The molecule has 0 aliphatic rings.